The van der Waals surface area contributed by atoms with Crippen molar-refractivity contribution in [1.29, 1.82) is 0 Å². The van der Waals surface area contributed by atoms with Gasteiger partial charge in [0.1, 0.15) is 5.69 Å². The maximum Gasteiger partial charge on any atom is 0.333 e. The van der Waals surface area contributed by atoms with Gasteiger partial charge in [-0.15, -0.1) is 0 Å². The van der Waals surface area contributed by atoms with Crippen molar-refractivity contribution in [2.75, 3.05) is 7.11 Å². The van der Waals surface area contributed by atoms with E-state index in [1.165, 1.54) is 13.3 Å². The third-order valence-corrected chi connectivity index (χ3v) is 6.12. The highest BCUT2D eigenvalue weighted by atomic mass is 16.5. The Morgan fingerprint density at radius 2 is 1.68 bits per heavy atom. The van der Waals surface area contributed by atoms with Gasteiger partial charge in [-0.3, -0.25) is 14.7 Å². The first-order valence-electron chi connectivity index (χ1n) is 12.3. The Labute approximate surface area is 219 Å². The molecule has 1 atom stereocenters. The van der Waals surface area contributed by atoms with E-state index in [4.69, 9.17) is 9.15 Å². The zero-order chi connectivity index (χ0) is 27.1. The largest absolute Gasteiger partial charge is 0.467 e. The minimum Gasteiger partial charge on any atom is -0.467 e. The highest BCUT2D eigenvalue weighted by Crippen LogP contribution is 2.26. The number of hydrogen-bond acceptors (Lipinski definition) is 7. The lowest BCUT2D eigenvalue weighted by Crippen LogP contribution is -2.34. The van der Waals surface area contributed by atoms with Gasteiger partial charge in [-0.25, -0.2) is 9.78 Å². The number of nitrogens with zero attached hydrogens (tertiary/aromatic N) is 2. The SMILES string of the molecule is CCC(CC)NC(=O)c1cc(-c2cccc(-c3ncc(C(=O)N[C@H](C(=O)OC)c4ccccc4)o3)c2)n[nH]1. The molecule has 2 aromatic heterocycles. The zero-order valence-electron chi connectivity index (χ0n) is 21.4. The number of H-pyrrole nitrogens is 1. The van der Waals surface area contributed by atoms with E-state index in [1.807, 2.05) is 26.0 Å². The fraction of sp³-hybridized carbons (Fsp3) is 0.250. The van der Waals surface area contributed by atoms with Gasteiger partial charge in [0.25, 0.3) is 11.8 Å². The van der Waals surface area contributed by atoms with Gasteiger partial charge in [0.15, 0.2) is 6.04 Å². The Balaban J connectivity index is 1.50. The summed E-state index contributed by atoms with van der Waals surface area (Å²) in [5.41, 5.74) is 2.87. The van der Waals surface area contributed by atoms with Crippen molar-refractivity contribution < 1.29 is 23.5 Å². The van der Waals surface area contributed by atoms with Gasteiger partial charge in [0.05, 0.1) is 19.0 Å². The van der Waals surface area contributed by atoms with Crippen molar-refractivity contribution in [1.82, 2.24) is 25.8 Å². The van der Waals surface area contributed by atoms with Crippen molar-refractivity contribution >= 4 is 17.8 Å². The second-order valence-corrected chi connectivity index (χ2v) is 8.60. The number of carbonyl (C=O) groups excluding carboxylic acids is 3. The topological polar surface area (TPSA) is 139 Å². The molecule has 4 rings (SSSR count). The van der Waals surface area contributed by atoms with E-state index in [0.29, 0.717) is 22.5 Å². The standard InChI is InChI=1S/C28H29N5O5/c1-4-20(5-2)30-25(34)22-15-21(32-33-22)18-12-9-13-19(14-18)27-29-16-23(38-27)26(35)31-24(28(36)37-3)17-10-7-6-8-11-17/h6-16,20,24H,4-5H2,1-3H3,(H,30,34)(H,31,35)(H,32,33)/t24-/m0/s1. The average Bonchev–Trinajstić information content (AvgIpc) is 3.66. The minimum atomic E-state index is -0.999. The summed E-state index contributed by atoms with van der Waals surface area (Å²) in [6.45, 7) is 4.05. The predicted molar refractivity (Wildman–Crippen MR) is 140 cm³/mol. The number of aromatic amines is 1. The van der Waals surface area contributed by atoms with Gasteiger partial charge in [-0.1, -0.05) is 56.3 Å². The van der Waals surface area contributed by atoms with E-state index >= 15 is 0 Å². The number of rotatable bonds is 10. The summed E-state index contributed by atoms with van der Waals surface area (Å²) < 4.78 is 10.6. The van der Waals surface area contributed by atoms with E-state index in [1.54, 1.807) is 48.5 Å². The van der Waals surface area contributed by atoms with Gasteiger partial charge < -0.3 is 19.8 Å². The molecule has 10 heteroatoms. The average molecular weight is 516 g/mol. The zero-order valence-corrected chi connectivity index (χ0v) is 21.4. The van der Waals surface area contributed by atoms with Gasteiger partial charge in [0.2, 0.25) is 11.7 Å². The number of methoxy groups -OCH3 is 1. The lowest BCUT2D eigenvalue weighted by atomic mass is 10.1. The van der Waals surface area contributed by atoms with Crippen LogP contribution in [0.3, 0.4) is 0 Å². The summed E-state index contributed by atoms with van der Waals surface area (Å²) in [6.07, 6.45) is 2.99. The Bertz CT molecular complexity index is 1410. The van der Waals surface area contributed by atoms with Crippen molar-refractivity contribution in [2.24, 2.45) is 0 Å². The van der Waals surface area contributed by atoms with E-state index in [9.17, 15) is 14.4 Å². The maximum absolute atomic E-state index is 12.9. The molecule has 3 N–H and O–H groups in total. The second-order valence-electron chi connectivity index (χ2n) is 8.60. The van der Waals surface area contributed by atoms with Crippen LogP contribution in [0.2, 0.25) is 0 Å². The van der Waals surface area contributed by atoms with Crippen molar-refractivity contribution in [3.8, 4) is 22.7 Å². The Morgan fingerprint density at radius 1 is 0.947 bits per heavy atom. The summed E-state index contributed by atoms with van der Waals surface area (Å²) in [5.74, 6) is -1.27. The fourth-order valence-corrected chi connectivity index (χ4v) is 3.91. The summed E-state index contributed by atoms with van der Waals surface area (Å²) in [6, 6.07) is 16.8. The van der Waals surface area contributed by atoms with Crippen LogP contribution < -0.4 is 10.6 Å². The van der Waals surface area contributed by atoms with Crippen molar-refractivity contribution in [3.63, 3.8) is 0 Å². The van der Waals surface area contributed by atoms with Crippen molar-refractivity contribution in [3.05, 3.63) is 83.9 Å². The first kappa shape index (κ1) is 26.3. The Hall–Kier alpha value is -4.73. The first-order chi connectivity index (χ1) is 18.4. The lowest BCUT2D eigenvalue weighted by molar-refractivity contribution is -0.143. The Kier molecular flexibility index (Phi) is 8.32. The molecule has 0 saturated carbocycles. The summed E-state index contributed by atoms with van der Waals surface area (Å²) in [4.78, 5) is 41.9. The second kappa shape index (κ2) is 12.0. The van der Waals surface area contributed by atoms with E-state index < -0.39 is 17.9 Å². The molecule has 0 fully saturated rings. The van der Waals surface area contributed by atoms with Crippen LogP contribution in [0.5, 0.6) is 0 Å². The highest BCUT2D eigenvalue weighted by molar-refractivity contribution is 5.95. The molecular weight excluding hydrogens is 486 g/mol. The highest BCUT2D eigenvalue weighted by Gasteiger charge is 2.26. The molecule has 196 valence electrons. The number of hydrogen-bond donors (Lipinski definition) is 3. The van der Waals surface area contributed by atoms with Crippen LogP contribution in [0, 0.1) is 0 Å². The number of carbonyl (C=O) groups is 3. The van der Waals surface area contributed by atoms with Gasteiger partial charge in [-0.2, -0.15) is 5.10 Å². The Morgan fingerprint density at radius 3 is 2.39 bits per heavy atom. The molecule has 0 bridgehead atoms. The number of esters is 1. The van der Waals surface area contributed by atoms with Gasteiger partial charge in [-0.05, 0) is 36.6 Å². The van der Waals surface area contributed by atoms with Crippen LogP contribution >= 0.6 is 0 Å². The molecule has 4 aromatic rings. The van der Waals surface area contributed by atoms with Crippen LogP contribution in [0.15, 0.2) is 71.3 Å². The first-order valence-corrected chi connectivity index (χ1v) is 12.3. The van der Waals surface area contributed by atoms with Crippen LogP contribution in [0.25, 0.3) is 22.7 Å². The number of amides is 2. The van der Waals surface area contributed by atoms with Crippen LogP contribution in [0.4, 0.5) is 0 Å². The van der Waals surface area contributed by atoms with E-state index in [0.717, 1.165) is 18.4 Å². The molecule has 0 aliphatic heterocycles. The number of benzene rings is 2. The smallest absolute Gasteiger partial charge is 0.333 e. The number of nitrogens with one attached hydrogen (secondary N) is 3. The normalized spacial score (nSPS) is 11.7. The summed E-state index contributed by atoms with van der Waals surface area (Å²) >= 11 is 0. The van der Waals surface area contributed by atoms with Gasteiger partial charge in [0, 0.05) is 17.2 Å². The van der Waals surface area contributed by atoms with E-state index in [-0.39, 0.29) is 23.6 Å². The molecular formula is C28H29N5O5. The molecule has 2 amide bonds. The molecule has 0 saturated heterocycles. The molecule has 0 spiro atoms. The monoisotopic (exact) mass is 515 g/mol. The minimum absolute atomic E-state index is 0.0598. The van der Waals surface area contributed by atoms with Gasteiger partial charge >= 0.3 is 5.97 Å². The quantitative estimate of drug-likeness (QED) is 0.268. The van der Waals surface area contributed by atoms with Crippen LogP contribution in [-0.4, -0.2) is 46.1 Å². The molecule has 0 radical (unpaired) electrons. The number of aromatic nitrogens is 3. The molecule has 2 aromatic carbocycles. The van der Waals surface area contributed by atoms with Crippen LogP contribution in [0.1, 0.15) is 59.3 Å². The molecule has 0 aliphatic rings. The summed E-state index contributed by atoms with van der Waals surface area (Å²) in [7, 11) is 1.26. The lowest BCUT2D eigenvalue weighted by Gasteiger charge is -2.15. The fourth-order valence-electron chi connectivity index (χ4n) is 3.91. The third kappa shape index (κ3) is 5.97. The number of ether oxygens (including phenoxy) is 1. The maximum atomic E-state index is 12.9. The third-order valence-electron chi connectivity index (χ3n) is 6.12. The molecule has 2 heterocycles. The number of oxazole rings is 1. The predicted octanol–water partition coefficient (Wildman–Crippen LogP) is 4.29. The molecule has 10 nitrogen and oxygen atoms in total. The van der Waals surface area contributed by atoms with E-state index in [2.05, 4.69) is 25.8 Å². The molecule has 0 aliphatic carbocycles. The molecule has 38 heavy (non-hydrogen) atoms. The van der Waals surface area contributed by atoms with Crippen molar-refractivity contribution in [2.45, 2.75) is 38.8 Å². The van der Waals surface area contributed by atoms with Crippen LogP contribution in [-0.2, 0) is 9.53 Å². The molecule has 0 unspecified atom stereocenters. The summed E-state index contributed by atoms with van der Waals surface area (Å²) in [5, 5.41) is 12.7.